The Balaban J connectivity index is 2.03. The van der Waals surface area contributed by atoms with Crippen LogP contribution in [0.3, 0.4) is 0 Å². The van der Waals surface area contributed by atoms with Crippen LogP contribution in [-0.2, 0) is 6.61 Å². The summed E-state index contributed by atoms with van der Waals surface area (Å²) in [4.78, 5) is 14.7. The van der Waals surface area contributed by atoms with Crippen LogP contribution >= 0.6 is 11.6 Å². The van der Waals surface area contributed by atoms with Crippen LogP contribution in [0.5, 0.6) is 5.75 Å². The third kappa shape index (κ3) is 6.40. The molecule has 0 saturated heterocycles. The lowest BCUT2D eigenvalue weighted by Gasteiger charge is -2.18. The van der Waals surface area contributed by atoms with Gasteiger partial charge in [-0.1, -0.05) is 48.9 Å². The Morgan fingerprint density at radius 2 is 1.92 bits per heavy atom. The van der Waals surface area contributed by atoms with E-state index in [1.165, 1.54) is 0 Å². The van der Waals surface area contributed by atoms with Gasteiger partial charge in [-0.05, 0) is 43.8 Å². The summed E-state index contributed by atoms with van der Waals surface area (Å²) in [5, 5.41) is 3.48. The van der Waals surface area contributed by atoms with Gasteiger partial charge in [-0.2, -0.15) is 0 Å². The van der Waals surface area contributed by atoms with E-state index in [2.05, 4.69) is 17.1 Å². The first-order chi connectivity index (χ1) is 12.0. The number of amides is 1. The second-order valence-electron chi connectivity index (χ2n) is 6.49. The Morgan fingerprint density at radius 1 is 1.20 bits per heavy atom. The normalized spacial score (nSPS) is 12.0. The topological polar surface area (TPSA) is 41.6 Å². The van der Waals surface area contributed by atoms with E-state index >= 15 is 0 Å². The van der Waals surface area contributed by atoms with Crippen LogP contribution in [0.15, 0.2) is 48.5 Å². The summed E-state index contributed by atoms with van der Waals surface area (Å²) in [7, 11) is 4.04. The minimum atomic E-state index is -0.170. The van der Waals surface area contributed by atoms with E-state index in [9.17, 15) is 4.79 Å². The molecular formula is C20H25ClN2O2. The molecule has 0 aliphatic heterocycles. The number of rotatable bonds is 8. The Morgan fingerprint density at radius 3 is 2.60 bits per heavy atom. The van der Waals surface area contributed by atoms with E-state index in [1.54, 1.807) is 18.2 Å². The summed E-state index contributed by atoms with van der Waals surface area (Å²) in [6, 6.07) is 15.0. The average Bonchev–Trinajstić information content (AvgIpc) is 2.59. The van der Waals surface area contributed by atoms with Crippen molar-refractivity contribution in [2.24, 2.45) is 5.92 Å². The van der Waals surface area contributed by atoms with Gasteiger partial charge in [0, 0.05) is 18.1 Å². The van der Waals surface area contributed by atoms with E-state index in [-0.39, 0.29) is 5.91 Å². The van der Waals surface area contributed by atoms with Gasteiger partial charge in [0.15, 0.2) is 0 Å². The van der Waals surface area contributed by atoms with Gasteiger partial charge in [-0.25, -0.2) is 0 Å². The Bertz CT molecular complexity index is 689. The molecule has 0 bridgehead atoms. The zero-order chi connectivity index (χ0) is 18.2. The van der Waals surface area contributed by atoms with Gasteiger partial charge in [0.05, 0.1) is 5.56 Å². The van der Waals surface area contributed by atoms with Gasteiger partial charge in [0.2, 0.25) is 0 Å². The Labute approximate surface area is 154 Å². The molecule has 1 atom stereocenters. The quantitative estimate of drug-likeness (QED) is 0.777. The minimum Gasteiger partial charge on any atom is -0.488 e. The van der Waals surface area contributed by atoms with Crippen molar-refractivity contribution in [2.45, 2.75) is 13.5 Å². The zero-order valence-corrected chi connectivity index (χ0v) is 15.7. The van der Waals surface area contributed by atoms with Gasteiger partial charge in [-0.3, -0.25) is 4.79 Å². The molecule has 0 saturated carbocycles. The summed E-state index contributed by atoms with van der Waals surface area (Å²) in [6.07, 6.45) is 0. The van der Waals surface area contributed by atoms with Crippen molar-refractivity contribution in [3.63, 3.8) is 0 Å². The largest absolute Gasteiger partial charge is 0.488 e. The van der Waals surface area contributed by atoms with Gasteiger partial charge in [-0.15, -0.1) is 0 Å². The molecule has 5 heteroatoms. The van der Waals surface area contributed by atoms with Crippen LogP contribution in [0.1, 0.15) is 22.8 Å². The molecule has 134 valence electrons. The summed E-state index contributed by atoms with van der Waals surface area (Å²) in [6.45, 7) is 4.01. The summed E-state index contributed by atoms with van der Waals surface area (Å²) in [5.74, 6) is 0.717. The number of halogens is 1. The van der Waals surface area contributed by atoms with E-state index in [0.717, 1.165) is 12.1 Å². The van der Waals surface area contributed by atoms with Crippen LogP contribution in [0.25, 0.3) is 0 Å². The smallest absolute Gasteiger partial charge is 0.255 e. The number of carbonyl (C=O) groups excluding carboxylic acids is 1. The number of benzene rings is 2. The van der Waals surface area contributed by atoms with Crippen LogP contribution < -0.4 is 10.1 Å². The molecular weight excluding hydrogens is 336 g/mol. The molecule has 25 heavy (non-hydrogen) atoms. The Hall–Kier alpha value is -2.04. The lowest BCUT2D eigenvalue weighted by atomic mass is 10.1. The highest BCUT2D eigenvalue weighted by atomic mass is 35.5. The molecule has 0 radical (unpaired) electrons. The van der Waals surface area contributed by atoms with Gasteiger partial charge in [0.1, 0.15) is 12.4 Å². The van der Waals surface area contributed by atoms with Crippen molar-refractivity contribution in [3.05, 3.63) is 64.7 Å². The highest BCUT2D eigenvalue weighted by Crippen LogP contribution is 2.24. The molecule has 0 aliphatic carbocycles. The monoisotopic (exact) mass is 360 g/mol. The van der Waals surface area contributed by atoms with E-state index in [4.69, 9.17) is 16.3 Å². The fourth-order valence-corrected chi connectivity index (χ4v) is 2.76. The van der Waals surface area contributed by atoms with Crippen molar-refractivity contribution in [2.75, 3.05) is 27.2 Å². The fourth-order valence-electron chi connectivity index (χ4n) is 2.59. The molecule has 0 spiro atoms. The van der Waals surface area contributed by atoms with Crippen LogP contribution in [0, 0.1) is 5.92 Å². The predicted octanol–water partition coefficient (Wildman–Crippen LogP) is 3.85. The molecule has 2 aromatic rings. The van der Waals surface area contributed by atoms with Crippen molar-refractivity contribution in [3.8, 4) is 5.75 Å². The van der Waals surface area contributed by atoms with Crippen LogP contribution in [-0.4, -0.2) is 38.0 Å². The van der Waals surface area contributed by atoms with E-state index < -0.39 is 0 Å². The van der Waals surface area contributed by atoms with Crippen LogP contribution in [0.2, 0.25) is 5.02 Å². The number of hydrogen-bond acceptors (Lipinski definition) is 3. The maximum absolute atomic E-state index is 12.6. The van der Waals surface area contributed by atoms with Crippen molar-refractivity contribution in [1.29, 1.82) is 0 Å². The summed E-state index contributed by atoms with van der Waals surface area (Å²) >= 11 is 6.07. The predicted molar refractivity (Wildman–Crippen MR) is 102 cm³/mol. The fraction of sp³-hybridized carbons (Fsp3) is 0.350. The maximum Gasteiger partial charge on any atom is 0.255 e. The molecule has 0 heterocycles. The summed E-state index contributed by atoms with van der Waals surface area (Å²) < 4.78 is 5.84. The Kier molecular flexibility index (Phi) is 7.29. The van der Waals surface area contributed by atoms with E-state index in [1.807, 2.05) is 44.4 Å². The van der Waals surface area contributed by atoms with Crippen molar-refractivity contribution >= 4 is 17.5 Å². The lowest BCUT2D eigenvalue weighted by Crippen LogP contribution is -2.33. The molecule has 1 N–H and O–H groups in total. The molecule has 4 nitrogen and oxygen atoms in total. The number of carbonyl (C=O) groups is 1. The number of nitrogens with one attached hydrogen (secondary N) is 1. The molecule has 0 aromatic heterocycles. The maximum atomic E-state index is 12.6. The standard InChI is InChI=1S/C20H25ClN2O2/c1-15(13-23(2)3)12-22-20(24)18-11-17(21)9-10-19(18)25-14-16-7-5-4-6-8-16/h4-11,15H,12-14H2,1-3H3,(H,22,24)/t15-/m1/s1. The SMILES string of the molecule is C[C@H](CNC(=O)c1cc(Cl)ccc1OCc1ccccc1)CN(C)C. The molecule has 2 aromatic carbocycles. The van der Waals surface area contributed by atoms with Crippen LogP contribution in [0.4, 0.5) is 0 Å². The average molecular weight is 361 g/mol. The third-order valence-corrected chi connectivity index (χ3v) is 3.95. The van der Waals surface area contributed by atoms with Gasteiger partial charge >= 0.3 is 0 Å². The first kappa shape index (κ1) is 19.3. The van der Waals surface area contributed by atoms with E-state index in [0.29, 0.717) is 35.4 Å². The number of ether oxygens (including phenoxy) is 1. The number of hydrogen-bond donors (Lipinski definition) is 1. The minimum absolute atomic E-state index is 0.170. The number of nitrogens with zero attached hydrogens (tertiary/aromatic N) is 1. The highest BCUT2D eigenvalue weighted by Gasteiger charge is 2.15. The first-order valence-corrected chi connectivity index (χ1v) is 8.72. The molecule has 0 unspecified atom stereocenters. The molecule has 2 rings (SSSR count). The summed E-state index contributed by atoms with van der Waals surface area (Å²) in [5.41, 5.74) is 1.50. The van der Waals surface area contributed by atoms with Crippen molar-refractivity contribution in [1.82, 2.24) is 10.2 Å². The highest BCUT2D eigenvalue weighted by molar-refractivity contribution is 6.31. The third-order valence-electron chi connectivity index (χ3n) is 3.71. The van der Waals surface area contributed by atoms with Gasteiger partial charge < -0.3 is 15.0 Å². The van der Waals surface area contributed by atoms with Gasteiger partial charge in [0.25, 0.3) is 5.91 Å². The first-order valence-electron chi connectivity index (χ1n) is 8.35. The lowest BCUT2D eigenvalue weighted by molar-refractivity contribution is 0.0941. The second-order valence-corrected chi connectivity index (χ2v) is 6.93. The molecule has 0 aliphatic rings. The molecule has 0 fully saturated rings. The van der Waals surface area contributed by atoms with Crippen molar-refractivity contribution < 1.29 is 9.53 Å². The zero-order valence-electron chi connectivity index (χ0n) is 15.0. The molecule has 1 amide bonds. The second kappa shape index (κ2) is 9.44.